The van der Waals surface area contributed by atoms with Gasteiger partial charge < -0.3 is 5.11 Å². The second-order valence-corrected chi connectivity index (χ2v) is 5.49. The number of carboxylic acids is 1. The van der Waals surface area contributed by atoms with Crippen LogP contribution in [0.15, 0.2) is 0 Å². The van der Waals surface area contributed by atoms with Crippen LogP contribution in [0.2, 0.25) is 0 Å². The number of hydrogen-bond acceptors (Lipinski definition) is 2. The summed E-state index contributed by atoms with van der Waals surface area (Å²) < 4.78 is 0. The molecule has 1 N–H and O–H groups in total. The van der Waals surface area contributed by atoms with E-state index in [4.69, 9.17) is 5.11 Å². The van der Waals surface area contributed by atoms with E-state index in [-0.39, 0.29) is 17.8 Å². The fourth-order valence-electron chi connectivity index (χ4n) is 1.90. The Hall–Kier alpha value is -1.04. The third kappa shape index (κ3) is 3.52. The third-order valence-corrected chi connectivity index (χ3v) is 4.15. The second-order valence-electron chi connectivity index (χ2n) is 5.49. The number of nitriles is 1. The Labute approximate surface area is 98.5 Å². The van der Waals surface area contributed by atoms with E-state index < -0.39 is 11.4 Å². The summed E-state index contributed by atoms with van der Waals surface area (Å²) in [6, 6.07) is 2.31. The molecule has 0 heterocycles. The van der Waals surface area contributed by atoms with Crippen LogP contribution in [0.5, 0.6) is 0 Å². The number of nitrogens with zero attached hydrogens (tertiary/aromatic N) is 1. The molecule has 0 aliphatic carbocycles. The summed E-state index contributed by atoms with van der Waals surface area (Å²) in [6.45, 7) is 10.3. The highest BCUT2D eigenvalue weighted by atomic mass is 16.4. The molecule has 2 unspecified atom stereocenters. The standard InChI is InChI=1S/C13H23NO2/c1-6-12(3,4)10(2)13(5,9-14)8-7-11(15)16/h10H,6-8H2,1-5H3,(H,15,16). The molecule has 0 saturated carbocycles. The van der Waals surface area contributed by atoms with Gasteiger partial charge in [0.25, 0.3) is 0 Å². The predicted octanol–water partition coefficient (Wildman–Crippen LogP) is 3.45. The lowest BCUT2D eigenvalue weighted by Crippen LogP contribution is -2.35. The zero-order valence-electron chi connectivity index (χ0n) is 11.0. The molecular formula is C13H23NO2. The van der Waals surface area contributed by atoms with Crippen LogP contribution in [-0.4, -0.2) is 11.1 Å². The lowest BCUT2D eigenvalue weighted by Gasteiger charge is -2.40. The van der Waals surface area contributed by atoms with Crippen molar-refractivity contribution in [1.82, 2.24) is 0 Å². The Kier molecular flexibility index (Phi) is 4.99. The molecule has 92 valence electrons. The van der Waals surface area contributed by atoms with Gasteiger partial charge >= 0.3 is 5.97 Å². The van der Waals surface area contributed by atoms with Crippen LogP contribution in [0, 0.1) is 28.1 Å². The molecule has 0 bridgehead atoms. The van der Waals surface area contributed by atoms with Crippen LogP contribution in [0.3, 0.4) is 0 Å². The summed E-state index contributed by atoms with van der Waals surface area (Å²) >= 11 is 0. The van der Waals surface area contributed by atoms with Crippen LogP contribution in [0.1, 0.15) is 53.9 Å². The minimum atomic E-state index is -0.831. The summed E-state index contributed by atoms with van der Waals surface area (Å²) in [5.41, 5.74) is -0.499. The molecule has 3 nitrogen and oxygen atoms in total. The fraction of sp³-hybridized carbons (Fsp3) is 0.846. The van der Waals surface area contributed by atoms with E-state index in [0.717, 1.165) is 6.42 Å². The van der Waals surface area contributed by atoms with Gasteiger partial charge in [-0.1, -0.05) is 34.1 Å². The highest BCUT2D eigenvalue weighted by Crippen LogP contribution is 2.44. The van der Waals surface area contributed by atoms with Crippen molar-refractivity contribution in [2.75, 3.05) is 0 Å². The number of aliphatic carboxylic acids is 1. The first-order valence-electron chi connectivity index (χ1n) is 5.82. The zero-order valence-corrected chi connectivity index (χ0v) is 11.0. The highest BCUT2D eigenvalue weighted by Gasteiger charge is 2.39. The maximum atomic E-state index is 10.6. The van der Waals surface area contributed by atoms with Crippen molar-refractivity contribution in [1.29, 1.82) is 5.26 Å². The van der Waals surface area contributed by atoms with Crippen LogP contribution in [0.4, 0.5) is 0 Å². The van der Waals surface area contributed by atoms with Crippen molar-refractivity contribution in [2.24, 2.45) is 16.7 Å². The van der Waals surface area contributed by atoms with Crippen molar-refractivity contribution < 1.29 is 9.90 Å². The van der Waals surface area contributed by atoms with Crippen LogP contribution in [0.25, 0.3) is 0 Å². The van der Waals surface area contributed by atoms with Gasteiger partial charge in [0.1, 0.15) is 0 Å². The summed E-state index contributed by atoms with van der Waals surface area (Å²) in [7, 11) is 0. The van der Waals surface area contributed by atoms with Crippen molar-refractivity contribution in [3.05, 3.63) is 0 Å². The summed E-state index contributed by atoms with van der Waals surface area (Å²) in [5, 5.41) is 18.0. The SMILES string of the molecule is CCC(C)(C)C(C)C(C)(C#N)CCC(=O)O. The minimum Gasteiger partial charge on any atom is -0.481 e. The Morgan fingerprint density at radius 3 is 2.25 bits per heavy atom. The molecule has 0 aromatic carbocycles. The smallest absolute Gasteiger partial charge is 0.303 e. The van der Waals surface area contributed by atoms with Gasteiger partial charge in [-0.15, -0.1) is 0 Å². The van der Waals surface area contributed by atoms with Gasteiger partial charge in [-0.2, -0.15) is 5.26 Å². The number of carbonyl (C=O) groups is 1. The van der Waals surface area contributed by atoms with Crippen molar-refractivity contribution >= 4 is 5.97 Å². The number of rotatable bonds is 6. The molecule has 0 radical (unpaired) electrons. The van der Waals surface area contributed by atoms with Gasteiger partial charge in [-0.3, -0.25) is 4.79 Å². The largest absolute Gasteiger partial charge is 0.481 e. The van der Waals surface area contributed by atoms with Crippen molar-refractivity contribution in [2.45, 2.75) is 53.9 Å². The van der Waals surface area contributed by atoms with Crippen molar-refractivity contribution in [3.63, 3.8) is 0 Å². The lowest BCUT2D eigenvalue weighted by atomic mass is 9.63. The molecule has 0 aromatic heterocycles. The van der Waals surface area contributed by atoms with Gasteiger partial charge in [-0.05, 0) is 24.7 Å². The van der Waals surface area contributed by atoms with E-state index in [1.807, 2.05) is 6.92 Å². The molecule has 0 aromatic rings. The van der Waals surface area contributed by atoms with E-state index in [2.05, 4.69) is 33.8 Å². The van der Waals surface area contributed by atoms with Crippen molar-refractivity contribution in [3.8, 4) is 6.07 Å². The Morgan fingerprint density at radius 1 is 1.44 bits per heavy atom. The molecule has 0 aliphatic rings. The maximum Gasteiger partial charge on any atom is 0.303 e. The lowest BCUT2D eigenvalue weighted by molar-refractivity contribution is -0.137. The molecule has 0 fully saturated rings. The minimum absolute atomic E-state index is 0.0585. The fourth-order valence-corrected chi connectivity index (χ4v) is 1.90. The Balaban J connectivity index is 4.83. The van der Waals surface area contributed by atoms with Crippen LogP contribution >= 0.6 is 0 Å². The highest BCUT2D eigenvalue weighted by molar-refractivity contribution is 5.66. The van der Waals surface area contributed by atoms with E-state index in [1.165, 1.54) is 0 Å². The molecule has 2 atom stereocenters. The summed E-state index contributed by atoms with van der Waals surface area (Å²) in [4.78, 5) is 10.6. The topological polar surface area (TPSA) is 61.1 Å². The average molecular weight is 225 g/mol. The van der Waals surface area contributed by atoms with Gasteiger partial charge in [0.15, 0.2) is 0 Å². The molecule has 0 spiro atoms. The first kappa shape index (κ1) is 15.0. The first-order valence-corrected chi connectivity index (χ1v) is 5.82. The number of carboxylic acid groups (broad SMARTS) is 1. The Morgan fingerprint density at radius 2 is 1.94 bits per heavy atom. The Bertz CT molecular complexity index is 291. The van der Waals surface area contributed by atoms with E-state index >= 15 is 0 Å². The molecule has 0 saturated heterocycles. The quantitative estimate of drug-likeness (QED) is 0.753. The summed E-state index contributed by atoms with van der Waals surface area (Å²) in [5.74, 6) is -0.655. The molecular weight excluding hydrogens is 202 g/mol. The van der Waals surface area contributed by atoms with Gasteiger partial charge in [0.05, 0.1) is 11.5 Å². The maximum absolute atomic E-state index is 10.6. The van der Waals surface area contributed by atoms with Gasteiger partial charge in [0, 0.05) is 6.42 Å². The average Bonchev–Trinajstić information content (AvgIpc) is 2.24. The van der Waals surface area contributed by atoms with Crippen LogP contribution in [-0.2, 0) is 4.79 Å². The van der Waals surface area contributed by atoms with E-state index in [1.54, 1.807) is 0 Å². The van der Waals surface area contributed by atoms with Crippen LogP contribution < -0.4 is 0 Å². The van der Waals surface area contributed by atoms with E-state index in [9.17, 15) is 10.1 Å². The zero-order chi connectivity index (χ0) is 13.0. The summed E-state index contributed by atoms with van der Waals surface area (Å²) in [6.07, 6.45) is 1.47. The molecule has 0 aliphatic heterocycles. The van der Waals surface area contributed by atoms with E-state index in [0.29, 0.717) is 6.42 Å². The molecule has 0 amide bonds. The monoisotopic (exact) mass is 225 g/mol. The second kappa shape index (κ2) is 5.34. The molecule has 3 heteroatoms. The third-order valence-electron chi connectivity index (χ3n) is 4.15. The first-order chi connectivity index (χ1) is 7.19. The predicted molar refractivity (Wildman–Crippen MR) is 63.8 cm³/mol. The number of hydrogen-bond donors (Lipinski definition) is 1. The van der Waals surface area contributed by atoms with Gasteiger partial charge in [0.2, 0.25) is 0 Å². The molecule has 0 rings (SSSR count). The molecule has 16 heavy (non-hydrogen) atoms. The normalized spacial score (nSPS) is 17.2. The van der Waals surface area contributed by atoms with Gasteiger partial charge in [-0.25, -0.2) is 0 Å².